The van der Waals surface area contributed by atoms with Crippen molar-refractivity contribution in [1.29, 1.82) is 0 Å². The first-order chi connectivity index (χ1) is 15.2. The SMILES string of the molecule is C[C@]12CC[C@H](N3CC[C@@H](O)C3)C[C@H]1CC[C@@H]1[C@@H]2CC[C@]2(C)[C@@H](C3=CC(=O)OC3)CC[C@]12O. The lowest BCUT2D eigenvalue weighted by Crippen LogP contribution is -2.62. The molecule has 6 aliphatic rings. The second kappa shape index (κ2) is 7.29. The van der Waals surface area contributed by atoms with E-state index in [0.717, 1.165) is 56.7 Å². The molecule has 5 nitrogen and oxygen atoms in total. The molecule has 5 fully saturated rings. The van der Waals surface area contributed by atoms with Gasteiger partial charge in [-0.05, 0) is 98.9 Å². The van der Waals surface area contributed by atoms with E-state index >= 15 is 0 Å². The fraction of sp³-hybridized carbons (Fsp3) is 0.889. The third kappa shape index (κ3) is 2.89. The molecule has 0 aromatic carbocycles. The number of ether oxygens (including phenoxy) is 1. The molecule has 0 radical (unpaired) electrons. The van der Waals surface area contributed by atoms with Gasteiger partial charge in [-0.15, -0.1) is 0 Å². The molecule has 2 aliphatic heterocycles. The van der Waals surface area contributed by atoms with Gasteiger partial charge >= 0.3 is 5.97 Å². The van der Waals surface area contributed by atoms with E-state index in [1.54, 1.807) is 6.08 Å². The van der Waals surface area contributed by atoms with Gasteiger partial charge in [-0.3, -0.25) is 4.90 Å². The standard InChI is InChI=1S/C27H41NO4/c1-25-9-5-19(28-12-8-20(29)15-28)14-18(25)3-4-23-22(25)6-10-26(2)21(7-11-27(23,26)31)17-13-24(30)32-16-17/h13,18-23,29,31H,3-12,14-16H2,1-2H3/t18-,19+,20-,21-,22+,23-,25+,26-,27+/m1/s1. The molecule has 2 N–H and O–H groups in total. The molecule has 0 unspecified atom stereocenters. The van der Waals surface area contributed by atoms with E-state index in [0.29, 0.717) is 29.9 Å². The van der Waals surface area contributed by atoms with E-state index in [-0.39, 0.29) is 23.4 Å². The second-order valence-electron chi connectivity index (χ2n) is 12.7. The van der Waals surface area contributed by atoms with Crippen molar-refractivity contribution in [3.05, 3.63) is 11.6 Å². The third-order valence-corrected chi connectivity index (χ3v) is 11.7. The van der Waals surface area contributed by atoms with Crippen LogP contribution < -0.4 is 0 Å². The number of carbonyl (C=O) groups excluding carboxylic acids is 1. The predicted molar refractivity (Wildman–Crippen MR) is 122 cm³/mol. The Hall–Kier alpha value is -0.910. The molecule has 6 rings (SSSR count). The monoisotopic (exact) mass is 443 g/mol. The molecule has 2 heterocycles. The average Bonchev–Trinajstić information content (AvgIpc) is 3.45. The topological polar surface area (TPSA) is 70.0 Å². The number of fused-ring (bicyclic) bond motifs is 5. The van der Waals surface area contributed by atoms with E-state index in [4.69, 9.17) is 4.74 Å². The van der Waals surface area contributed by atoms with Crippen LogP contribution in [-0.4, -0.2) is 58.5 Å². The van der Waals surface area contributed by atoms with Crippen LogP contribution in [0.2, 0.25) is 0 Å². The number of hydrogen-bond acceptors (Lipinski definition) is 5. The summed E-state index contributed by atoms with van der Waals surface area (Å²) in [5.74, 6) is 1.81. The van der Waals surface area contributed by atoms with E-state index in [9.17, 15) is 15.0 Å². The fourth-order valence-corrected chi connectivity index (χ4v) is 9.82. The number of likely N-dealkylation sites (tertiary alicyclic amines) is 1. The van der Waals surface area contributed by atoms with Crippen molar-refractivity contribution < 1.29 is 19.7 Å². The highest BCUT2D eigenvalue weighted by molar-refractivity contribution is 5.85. The Balaban J connectivity index is 1.23. The zero-order valence-corrected chi connectivity index (χ0v) is 19.9. The van der Waals surface area contributed by atoms with Crippen molar-refractivity contribution in [1.82, 2.24) is 4.90 Å². The van der Waals surface area contributed by atoms with Crippen LogP contribution in [0.15, 0.2) is 11.6 Å². The van der Waals surface area contributed by atoms with Crippen molar-refractivity contribution in [2.75, 3.05) is 19.7 Å². The Labute approximate surface area is 192 Å². The summed E-state index contributed by atoms with van der Waals surface area (Å²) in [5.41, 5.74) is 0.704. The summed E-state index contributed by atoms with van der Waals surface area (Å²) >= 11 is 0. The molecule has 4 aliphatic carbocycles. The number of carbonyl (C=O) groups is 1. The first-order valence-electron chi connectivity index (χ1n) is 13.3. The lowest BCUT2D eigenvalue weighted by molar-refractivity contribution is -0.206. The minimum absolute atomic E-state index is 0.129. The summed E-state index contributed by atoms with van der Waals surface area (Å²) in [6.07, 6.45) is 12.8. The molecule has 5 heteroatoms. The molecule has 178 valence electrons. The number of rotatable bonds is 2. The maximum atomic E-state index is 12.3. The smallest absolute Gasteiger partial charge is 0.331 e. The molecule has 0 amide bonds. The van der Waals surface area contributed by atoms with Gasteiger partial charge in [-0.25, -0.2) is 4.79 Å². The van der Waals surface area contributed by atoms with Crippen molar-refractivity contribution >= 4 is 5.97 Å². The van der Waals surface area contributed by atoms with Gasteiger partial charge in [0.05, 0.1) is 11.7 Å². The van der Waals surface area contributed by atoms with Crippen LogP contribution in [0.3, 0.4) is 0 Å². The van der Waals surface area contributed by atoms with Gasteiger partial charge in [0.25, 0.3) is 0 Å². The lowest BCUT2D eigenvalue weighted by Gasteiger charge is -2.64. The van der Waals surface area contributed by atoms with Crippen LogP contribution in [0.4, 0.5) is 0 Å². The van der Waals surface area contributed by atoms with Crippen LogP contribution in [0.1, 0.15) is 78.1 Å². The summed E-state index contributed by atoms with van der Waals surface area (Å²) < 4.78 is 5.25. The van der Waals surface area contributed by atoms with Gasteiger partial charge in [-0.1, -0.05) is 13.8 Å². The highest BCUT2D eigenvalue weighted by Crippen LogP contribution is 2.70. The van der Waals surface area contributed by atoms with E-state index in [1.165, 1.54) is 32.1 Å². The van der Waals surface area contributed by atoms with E-state index in [1.807, 2.05) is 0 Å². The van der Waals surface area contributed by atoms with Gasteiger partial charge in [0.15, 0.2) is 0 Å². The number of hydrogen-bond donors (Lipinski definition) is 2. The molecule has 9 atom stereocenters. The normalized spacial score (nSPS) is 53.4. The summed E-state index contributed by atoms with van der Waals surface area (Å²) in [4.78, 5) is 14.3. The lowest BCUT2D eigenvalue weighted by atomic mass is 9.43. The van der Waals surface area contributed by atoms with Gasteiger partial charge in [0.2, 0.25) is 0 Å². The number of nitrogens with zero attached hydrogens (tertiary/aromatic N) is 1. The quantitative estimate of drug-likeness (QED) is 0.637. The van der Waals surface area contributed by atoms with Crippen molar-refractivity contribution in [3.8, 4) is 0 Å². The van der Waals surface area contributed by atoms with Crippen LogP contribution in [0.25, 0.3) is 0 Å². The molecular formula is C27H41NO4. The summed E-state index contributed by atoms with van der Waals surface area (Å²) in [5, 5.41) is 22.4. The molecule has 0 aromatic rings. The first kappa shape index (κ1) is 21.6. The molecule has 4 saturated carbocycles. The van der Waals surface area contributed by atoms with Crippen molar-refractivity contribution in [3.63, 3.8) is 0 Å². The number of β-amino-alcohol motifs (C(OH)–C–C–N with tert-alkyl or cyclic N) is 1. The van der Waals surface area contributed by atoms with Crippen LogP contribution in [0, 0.1) is 34.5 Å². The Kier molecular flexibility index (Phi) is 4.93. The van der Waals surface area contributed by atoms with Gasteiger partial charge in [-0.2, -0.15) is 0 Å². The predicted octanol–water partition coefficient (Wildman–Crippen LogP) is 3.68. The Morgan fingerprint density at radius 2 is 1.88 bits per heavy atom. The van der Waals surface area contributed by atoms with Crippen LogP contribution in [0.5, 0.6) is 0 Å². The molecule has 0 spiro atoms. The van der Waals surface area contributed by atoms with Crippen LogP contribution in [-0.2, 0) is 9.53 Å². The number of cyclic esters (lactones) is 1. The zero-order chi connectivity index (χ0) is 22.3. The number of aliphatic hydroxyl groups excluding tert-OH is 1. The summed E-state index contributed by atoms with van der Waals surface area (Å²) in [6.45, 7) is 7.21. The maximum Gasteiger partial charge on any atom is 0.331 e. The Morgan fingerprint density at radius 1 is 1.03 bits per heavy atom. The number of esters is 1. The Bertz CT molecular complexity index is 826. The van der Waals surface area contributed by atoms with Crippen LogP contribution >= 0.6 is 0 Å². The minimum atomic E-state index is -0.614. The highest BCUT2D eigenvalue weighted by atomic mass is 16.5. The van der Waals surface area contributed by atoms with Crippen molar-refractivity contribution in [2.45, 2.75) is 95.8 Å². The fourth-order valence-electron chi connectivity index (χ4n) is 9.82. The highest BCUT2D eigenvalue weighted by Gasteiger charge is 2.67. The minimum Gasteiger partial charge on any atom is -0.458 e. The molecule has 0 bridgehead atoms. The largest absolute Gasteiger partial charge is 0.458 e. The van der Waals surface area contributed by atoms with Gasteiger partial charge in [0.1, 0.15) is 6.61 Å². The van der Waals surface area contributed by atoms with E-state index in [2.05, 4.69) is 18.7 Å². The zero-order valence-electron chi connectivity index (χ0n) is 19.9. The molecular weight excluding hydrogens is 402 g/mol. The molecule has 32 heavy (non-hydrogen) atoms. The maximum absolute atomic E-state index is 12.3. The van der Waals surface area contributed by atoms with Gasteiger partial charge in [0, 0.05) is 30.6 Å². The second-order valence-corrected chi connectivity index (χ2v) is 12.7. The molecule has 1 saturated heterocycles. The summed E-state index contributed by atoms with van der Waals surface area (Å²) in [7, 11) is 0. The van der Waals surface area contributed by atoms with E-state index < -0.39 is 5.60 Å². The number of aliphatic hydroxyl groups is 2. The van der Waals surface area contributed by atoms with Crippen molar-refractivity contribution in [2.24, 2.45) is 34.5 Å². The van der Waals surface area contributed by atoms with Gasteiger partial charge < -0.3 is 14.9 Å². The average molecular weight is 444 g/mol. The summed E-state index contributed by atoms with van der Waals surface area (Å²) in [6, 6.07) is 0.640. The third-order valence-electron chi connectivity index (χ3n) is 11.7. The molecule has 0 aromatic heterocycles. The Morgan fingerprint density at radius 3 is 2.59 bits per heavy atom. The first-order valence-corrected chi connectivity index (χ1v) is 13.3.